The van der Waals surface area contributed by atoms with E-state index in [9.17, 15) is 9.59 Å². The van der Waals surface area contributed by atoms with Crippen molar-refractivity contribution >= 4 is 29.0 Å². The van der Waals surface area contributed by atoms with Gasteiger partial charge in [-0.15, -0.1) is 0 Å². The van der Waals surface area contributed by atoms with Gasteiger partial charge in [0.15, 0.2) is 0 Å². The average molecular weight is 366 g/mol. The Hall–Kier alpha value is -2.69. The number of methoxy groups -OCH3 is 1. The minimum Gasteiger partial charge on any atom is -0.453 e. The molecule has 1 aromatic heterocycles. The molecular weight excluding hydrogens is 344 g/mol. The summed E-state index contributed by atoms with van der Waals surface area (Å²) in [5, 5.41) is 13.7. The molecule has 0 aliphatic carbocycles. The monoisotopic (exact) mass is 366 g/mol. The normalized spacial score (nSPS) is 10.7. The van der Waals surface area contributed by atoms with Crippen molar-refractivity contribution in [2.24, 2.45) is 0 Å². The van der Waals surface area contributed by atoms with Crippen LogP contribution in [0.3, 0.4) is 0 Å². The maximum Gasteiger partial charge on any atom is 0.413 e. The van der Waals surface area contributed by atoms with Crippen LogP contribution < -0.4 is 10.6 Å². The van der Waals surface area contributed by atoms with Crippen molar-refractivity contribution in [3.05, 3.63) is 23.8 Å². The lowest BCUT2D eigenvalue weighted by Gasteiger charge is -2.07. The zero-order chi connectivity index (χ0) is 18.8. The second-order valence-electron chi connectivity index (χ2n) is 5.14. The molecule has 142 valence electrons. The van der Waals surface area contributed by atoms with Crippen LogP contribution in [0.25, 0.3) is 11.0 Å². The fraction of sp³-hybridized carbons (Fsp3) is 0.438. The smallest absolute Gasteiger partial charge is 0.413 e. The van der Waals surface area contributed by atoms with E-state index < -0.39 is 6.09 Å². The number of carbonyl (C=O) groups excluding carboxylic acids is 2. The number of fused-ring (bicyclic) bond motifs is 1. The number of H-pyrrole nitrogens is 1. The largest absolute Gasteiger partial charge is 0.453 e. The topological polar surface area (TPSA) is 135 Å². The van der Waals surface area contributed by atoms with Crippen LogP contribution in [-0.2, 0) is 14.2 Å². The Balaban J connectivity index is 1.79. The minimum atomic E-state index is -0.635. The van der Waals surface area contributed by atoms with Crippen molar-refractivity contribution in [1.29, 1.82) is 0 Å². The van der Waals surface area contributed by atoms with E-state index in [-0.39, 0.29) is 25.1 Å². The van der Waals surface area contributed by atoms with Gasteiger partial charge < -0.3 is 29.6 Å². The van der Waals surface area contributed by atoms with Gasteiger partial charge in [-0.05, 0) is 18.2 Å². The van der Waals surface area contributed by atoms with E-state index in [0.29, 0.717) is 43.0 Å². The standard InChI is InChI=1S/C16H22N4O6/c1-24-16(23)20-15-18-12-3-2-11(10-13(12)19-15)14(22)17-4-6-25-8-9-26-7-5-21/h2-3,10,21H,4-9H2,1H3,(H,17,22)(H2,18,19,20,23). The molecule has 2 rings (SSSR count). The number of amides is 2. The lowest BCUT2D eigenvalue weighted by Crippen LogP contribution is -2.27. The summed E-state index contributed by atoms with van der Waals surface area (Å²) in [5.41, 5.74) is 1.68. The van der Waals surface area contributed by atoms with Crippen molar-refractivity contribution in [2.75, 3.05) is 52.0 Å². The molecule has 1 heterocycles. The summed E-state index contributed by atoms with van der Waals surface area (Å²) >= 11 is 0. The number of rotatable bonds is 10. The molecule has 0 atom stereocenters. The molecule has 0 spiro atoms. The lowest BCUT2D eigenvalue weighted by molar-refractivity contribution is 0.0338. The van der Waals surface area contributed by atoms with E-state index in [1.807, 2.05) is 0 Å². The van der Waals surface area contributed by atoms with Crippen LogP contribution in [0.5, 0.6) is 0 Å². The van der Waals surface area contributed by atoms with E-state index in [4.69, 9.17) is 14.6 Å². The number of aliphatic hydroxyl groups excluding tert-OH is 1. The zero-order valence-electron chi connectivity index (χ0n) is 14.4. The van der Waals surface area contributed by atoms with Crippen LogP contribution in [0.2, 0.25) is 0 Å². The number of benzene rings is 1. The predicted molar refractivity (Wildman–Crippen MR) is 93.2 cm³/mol. The van der Waals surface area contributed by atoms with Crippen molar-refractivity contribution in [2.45, 2.75) is 0 Å². The number of aromatic nitrogens is 2. The van der Waals surface area contributed by atoms with Crippen LogP contribution in [-0.4, -0.2) is 73.8 Å². The number of nitrogens with zero attached hydrogens (tertiary/aromatic N) is 1. The number of hydrogen-bond acceptors (Lipinski definition) is 7. The molecule has 4 N–H and O–H groups in total. The second-order valence-corrected chi connectivity index (χ2v) is 5.14. The molecule has 0 radical (unpaired) electrons. The highest BCUT2D eigenvalue weighted by Crippen LogP contribution is 2.16. The molecule has 26 heavy (non-hydrogen) atoms. The van der Waals surface area contributed by atoms with Gasteiger partial charge in [-0.3, -0.25) is 10.1 Å². The Bertz CT molecular complexity index is 733. The van der Waals surface area contributed by atoms with E-state index >= 15 is 0 Å². The summed E-state index contributed by atoms with van der Waals surface area (Å²) in [4.78, 5) is 30.4. The second kappa shape index (κ2) is 10.3. The highest BCUT2D eigenvalue weighted by Gasteiger charge is 2.10. The first-order valence-corrected chi connectivity index (χ1v) is 8.03. The third-order valence-corrected chi connectivity index (χ3v) is 3.29. The molecule has 0 saturated heterocycles. The van der Waals surface area contributed by atoms with Gasteiger partial charge in [0.1, 0.15) is 0 Å². The molecule has 2 aromatic rings. The summed E-state index contributed by atoms with van der Waals surface area (Å²) in [7, 11) is 1.26. The number of aromatic amines is 1. The molecule has 1 aromatic carbocycles. The Morgan fingerprint density at radius 3 is 2.69 bits per heavy atom. The highest BCUT2D eigenvalue weighted by atomic mass is 16.5. The van der Waals surface area contributed by atoms with E-state index in [1.165, 1.54) is 7.11 Å². The summed E-state index contributed by atoms with van der Waals surface area (Å²) in [6.07, 6.45) is -0.635. The minimum absolute atomic E-state index is 0.0169. The van der Waals surface area contributed by atoms with Crippen molar-refractivity contribution in [1.82, 2.24) is 15.3 Å². The fourth-order valence-electron chi connectivity index (χ4n) is 2.08. The Labute approximate surface area is 149 Å². The van der Waals surface area contributed by atoms with Gasteiger partial charge in [-0.1, -0.05) is 0 Å². The quantitative estimate of drug-likeness (QED) is 0.450. The van der Waals surface area contributed by atoms with E-state index in [2.05, 4.69) is 25.3 Å². The Morgan fingerprint density at radius 2 is 1.96 bits per heavy atom. The fourth-order valence-corrected chi connectivity index (χ4v) is 2.08. The Morgan fingerprint density at radius 1 is 1.19 bits per heavy atom. The van der Waals surface area contributed by atoms with E-state index in [1.54, 1.807) is 18.2 Å². The average Bonchev–Trinajstić information content (AvgIpc) is 3.04. The molecule has 0 saturated carbocycles. The van der Waals surface area contributed by atoms with Crippen molar-refractivity contribution in [3.63, 3.8) is 0 Å². The summed E-state index contributed by atoms with van der Waals surface area (Å²) in [5.74, 6) is -0.00895. The Kier molecular flexibility index (Phi) is 7.80. The van der Waals surface area contributed by atoms with Gasteiger partial charge in [0, 0.05) is 12.1 Å². The third-order valence-electron chi connectivity index (χ3n) is 3.29. The van der Waals surface area contributed by atoms with Crippen molar-refractivity contribution < 1.29 is 28.9 Å². The number of aliphatic hydroxyl groups is 1. The first kappa shape index (κ1) is 19.6. The van der Waals surface area contributed by atoms with Crippen LogP contribution in [0.1, 0.15) is 10.4 Å². The summed E-state index contributed by atoms with van der Waals surface area (Å²) < 4.78 is 14.8. The maximum atomic E-state index is 12.2. The molecule has 10 heteroatoms. The number of ether oxygens (including phenoxy) is 3. The molecule has 0 aliphatic rings. The zero-order valence-corrected chi connectivity index (χ0v) is 14.4. The SMILES string of the molecule is COC(=O)Nc1nc2ccc(C(=O)NCCOCCOCCO)cc2[nH]1. The van der Waals surface area contributed by atoms with Gasteiger partial charge in [0.2, 0.25) is 5.95 Å². The van der Waals surface area contributed by atoms with Gasteiger partial charge in [0.05, 0.1) is 51.2 Å². The van der Waals surface area contributed by atoms with Gasteiger partial charge in [-0.25, -0.2) is 9.78 Å². The molecule has 10 nitrogen and oxygen atoms in total. The first-order chi connectivity index (χ1) is 12.6. The van der Waals surface area contributed by atoms with Gasteiger partial charge in [0.25, 0.3) is 5.91 Å². The van der Waals surface area contributed by atoms with E-state index in [0.717, 1.165) is 0 Å². The molecule has 0 aliphatic heterocycles. The van der Waals surface area contributed by atoms with Crippen LogP contribution in [0.15, 0.2) is 18.2 Å². The number of imidazole rings is 1. The summed E-state index contributed by atoms with van der Waals surface area (Å²) in [6.45, 7) is 1.77. The third kappa shape index (κ3) is 5.99. The number of anilines is 1. The number of carbonyl (C=O) groups is 2. The van der Waals surface area contributed by atoms with Crippen molar-refractivity contribution in [3.8, 4) is 0 Å². The molecule has 2 amide bonds. The first-order valence-electron chi connectivity index (χ1n) is 8.03. The summed E-state index contributed by atoms with van der Waals surface area (Å²) in [6, 6.07) is 4.96. The molecule has 0 fully saturated rings. The molecular formula is C16H22N4O6. The van der Waals surface area contributed by atoms with Crippen LogP contribution in [0.4, 0.5) is 10.7 Å². The van der Waals surface area contributed by atoms with Gasteiger partial charge in [-0.2, -0.15) is 0 Å². The van der Waals surface area contributed by atoms with Gasteiger partial charge >= 0.3 is 6.09 Å². The predicted octanol–water partition coefficient (Wildman–Crippen LogP) is 0.496. The lowest BCUT2D eigenvalue weighted by atomic mass is 10.2. The maximum absolute atomic E-state index is 12.2. The number of nitrogens with one attached hydrogen (secondary N) is 3. The van der Waals surface area contributed by atoms with Crippen LogP contribution in [0, 0.1) is 0 Å². The highest BCUT2D eigenvalue weighted by molar-refractivity contribution is 5.97. The number of hydrogen-bond donors (Lipinski definition) is 4. The molecule has 0 unspecified atom stereocenters. The molecule has 0 bridgehead atoms. The van der Waals surface area contributed by atoms with Crippen LogP contribution >= 0.6 is 0 Å².